The van der Waals surface area contributed by atoms with Crippen LogP contribution in [0.2, 0.25) is 0 Å². The summed E-state index contributed by atoms with van der Waals surface area (Å²) in [7, 11) is 0. The molecule has 0 unspecified atom stereocenters. The van der Waals surface area contributed by atoms with E-state index in [4.69, 9.17) is 5.11 Å². The first kappa shape index (κ1) is 15.5. The summed E-state index contributed by atoms with van der Waals surface area (Å²) in [6.07, 6.45) is 3.56. The number of anilines is 1. The molecule has 0 saturated heterocycles. The third-order valence-corrected chi connectivity index (χ3v) is 3.23. The summed E-state index contributed by atoms with van der Waals surface area (Å²) in [6.45, 7) is 9.65. The minimum Gasteiger partial charge on any atom is -0.478 e. The lowest BCUT2D eigenvalue weighted by atomic mass is 10.1. The van der Waals surface area contributed by atoms with Crippen molar-refractivity contribution in [2.24, 2.45) is 5.92 Å². The summed E-state index contributed by atoms with van der Waals surface area (Å²) >= 11 is 0. The Labute approximate surface area is 115 Å². The largest absolute Gasteiger partial charge is 0.478 e. The highest BCUT2D eigenvalue weighted by atomic mass is 16.4. The smallest absolute Gasteiger partial charge is 0.337 e. The molecule has 0 fully saturated rings. The van der Waals surface area contributed by atoms with E-state index in [9.17, 15) is 4.79 Å². The maximum Gasteiger partial charge on any atom is 0.337 e. The molecule has 0 aromatic carbocycles. The van der Waals surface area contributed by atoms with Gasteiger partial charge in [0.1, 0.15) is 5.82 Å². The first-order chi connectivity index (χ1) is 8.99. The number of pyridine rings is 1. The number of carbonyl (C=O) groups is 1. The summed E-state index contributed by atoms with van der Waals surface area (Å²) in [6, 6.07) is 3.88. The van der Waals surface area contributed by atoms with Gasteiger partial charge in [-0.2, -0.15) is 0 Å². The number of carboxylic acids is 1. The van der Waals surface area contributed by atoms with E-state index in [-0.39, 0.29) is 5.56 Å². The molecular formula is C15H24N2O2. The fraction of sp³-hybridized carbons (Fsp3) is 0.600. The molecule has 1 heterocycles. The zero-order chi connectivity index (χ0) is 14.4. The van der Waals surface area contributed by atoms with Crippen molar-refractivity contribution in [2.75, 3.05) is 11.4 Å². The fourth-order valence-corrected chi connectivity index (χ4v) is 2.23. The summed E-state index contributed by atoms with van der Waals surface area (Å²) < 4.78 is 0. The highest BCUT2D eigenvalue weighted by molar-refractivity contribution is 5.87. The number of hydrogen-bond donors (Lipinski definition) is 1. The molecule has 4 heteroatoms. The molecule has 0 amide bonds. The van der Waals surface area contributed by atoms with E-state index in [1.165, 1.54) is 6.20 Å². The van der Waals surface area contributed by atoms with Crippen LogP contribution >= 0.6 is 0 Å². The van der Waals surface area contributed by atoms with Crippen molar-refractivity contribution in [3.05, 3.63) is 23.9 Å². The Hall–Kier alpha value is -1.58. The van der Waals surface area contributed by atoms with Gasteiger partial charge in [-0.25, -0.2) is 9.78 Å². The number of nitrogens with zero attached hydrogens (tertiary/aromatic N) is 2. The third-order valence-electron chi connectivity index (χ3n) is 3.23. The van der Waals surface area contributed by atoms with Gasteiger partial charge in [-0.05, 0) is 30.9 Å². The minimum atomic E-state index is -0.933. The van der Waals surface area contributed by atoms with Gasteiger partial charge >= 0.3 is 5.97 Å². The highest BCUT2D eigenvalue weighted by Gasteiger charge is 2.18. The van der Waals surface area contributed by atoms with Gasteiger partial charge in [0.25, 0.3) is 0 Å². The molecule has 0 aliphatic rings. The molecule has 1 N–H and O–H groups in total. The monoisotopic (exact) mass is 264 g/mol. The van der Waals surface area contributed by atoms with Gasteiger partial charge in [0.05, 0.1) is 5.56 Å². The Kier molecular flexibility index (Phi) is 5.80. The van der Waals surface area contributed by atoms with E-state index in [1.807, 2.05) is 6.07 Å². The standard InChI is InChI=1S/C15H24N2O2/c1-5-13(6-2)17(10-11(3)4)14-8-7-12(9-16-14)15(18)19/h7-9,11,13H,5-6,10H2,1-4H3,(H,18,19). The minimum absolute atomic E-state index is 0.234. The Morgan fingerprint density at radius 2 is 1.95 bits per heavy atom. The normalized spacial score (nSPS) is 11.1. The molecule has 0 aliphatic heterocycles. The molecule has 0 bridgehead atoms. The van der Waals surface area contributed by atoms with Crippen LogP contribution in [-0.4, -0.2) is 28.6 Å². The van der Waals surface area contributed by atoms with Crippen LogP contribution in [0.25, 0.3) is 0 Å². The Bertz CT molecular complexity index is 397. The van der Waals surface area contributed by atoms with Gasteiger partial charge in [-0.3, -0.25) is 0 Å². The maximum atomic E-state index is 10.9. The Morgan fingerprint density at radius 3 is 2.32 bits per heavy atom. The molecule has 1 aromatic heterocycles. The average molecular weight is 264 g/mol. The number of carboxylic acid groups (broad SMARTS) is 1. The van der Waals surface area contributed by atoms with Crippen molar-refractivity contribution in [1.29, 1.82) is 0 Å². The van der Waals surface area contributed by atoms with E-state index in [0.29, 0.717) is 12.0 Å². The van der Waals surface area contributed by atoms with Crippen molar-refractivity contribution in [2.45, 2.75) is 46.6 Å². The van der Waals surface area contributed by atoms with Crippen LogP contribution < -0.4 is 4.90 Å². The molecule has 4 nitrogen and oxygen atoms in total. The van der Waals surface area contributed by atoms with Gasteiger partial charge in [0.2, 0.25) is 0 Å². The number of aromatic carboxylic acids is 1. The predicted octanol–water partition coefficient (Wildman–Crippen LogP) is 3.43. The topological polar surface area (TPSA) is 53.4 Å². The molecule has 0 radical (unpaired) electrons. The van der Waals surface area contributed by atoms with Crippen LogP contribution in [0.3, 0.4) is 0 Å². The Morgan fingerprint density at radius 1 is 1.32 bits per heavy atom. The van der Waals surface area contributed by atoms with E-state index in [1.54, 1.807) is 6.07 Å². The van der Waals surface area contributed by atoms with Gasteiger partial charge < -0.3 is 10.0 Å². The molecule has 0 spiro atoms. The van der Waals surface area contributed by atoms with E-state index < -0.39 is 5.97 Å². The number of rotatable bonds is 7. The van der Waals surface area contributed by atoms with E-state index in [2.05, 4.69) is 37.6 Å². The fourth-order valence-electron chi connectivity index (χ4n) is 2.23. The number of aromatic nitrogens is 1. The molecular weight excluding hydrogens is 240 g/mol. The van der Waals surface area contributed by atoms with E-state index >= 15 is 0 Å². The van der Waals surface area contributed by atoms with Crippen LogP contribution in [0, 0.1) is 5.92 Å². The predicted molar refractivity (Wildman–Crippen MR) is 77.8 cm³/mol. The van der Waals surface area contributed by atoms with Gasteiger partial charge in [-0.1, -0.05) is 27.7 Å². The van der Waals surface area contributed by atoms with Crippen molar-refractivity contribution >= 4 is 11.8 Å². The van der Waals surface area contributed by atoms with E-state index in [0.717, 1.165) is 25.2 Å². The molecule has 0 aliphatic carbocycles. The van der Waals surface area contributed by atoms with Gasteiger partial charge in [0.15, 0.2) is 0 Å². The first-order valence-electron chi connectivity index (χ1n) is 6.95. The van der Waals surface area contributed by atoms with Gasteiger partial charge in [-0.15, -0.1) is 0 Å². The molecule has 106 valence electrons. The second kappa shape index (κ2) is 7.12. The summed E-state index contributed by atoms with van der Waals surface area (Å²) in [5.41, 5.74) is 0.234. The zero-order valence-corrected chi connectivity index (χ0v) is 12.3. The molecule has 0 atom stereocenters. The quantitative estimate of drug-likeness (QED) is 0.819. The maximum absolute atomic E-state index is 10.9. The molecule has 1 aromatic rings. The lowest BCUT2D eigenvalue weighted by molar-refractivity contribution is 0.0696. The van der Waals surface area contributed by atoms with Crippen LogP contribution in [0.1, 0.15) is 50.9 Å². The lowest BCUT2D eigenvalue weighted by Gasteiger charge is -2.33. The summed E-state index contributed by atoms with van der Waals surface area (Å²) in [5.74, 6) is 0.478. The Balaban J connectivity index is 2.99. The summed E-state index contributed by atoms with van der Waals surface area (Å²) in [5, 5.41) is 8.91. The zero-order valence-electron chi connectivity index (χ0n) is 12.3. The molecule has 19 heavy (non-hydrogen) atoms. The second-order valence-corrected chi connectivity index (χ2v) is 5.23. The molecule has 0 saturated carbocycles. The third kappa shape index (κ3) is 4.23. The van der Waals surface area contributed by atoms with Gasteiger partial charge in [0, 0.05) is 18.8 Å². The second-order valence-electron chi connectivity index (χ2n) is 5.23. The van der Waals surface area contributed by atoms with Crippen LogP contribution in [0.4, 0.5) is 5.82 Å². The SMILES string of the molecule is CCC(CC)N(CC(C)C)c1ccc(C(=O)O)cn1. The van der Waals surface area contributed by atoms with Crippen molar-refractivity contribution in [1.82, 2.24) is 4.98 Å². The number of hydrogen-bond acceptors (Lipinski definition) is 3. The van der Waals surface area contributed by atoms with Crippen LogP contribution in [0.5, 0.6) is 0 Å². The van der Waals surface area contributed by atoms with Crippen LogP contribution in [0.15, 0.2) is 18.3 Å². The average Bonchev–Trinajstić information content (AvgIpc) is 2.38. The highest BCUT2D eigenvalue weighted by Crippen LogP contribution is 2.20. The summed E-state index contributed by atoms with van der Waals surface area (Å²) in [4.78, 5) is 17.5. The first-order valence-corrected chi connectivity index (χ1v) is 6.95. The van der Waals surface area contributed by atoms with Crippen molar-refractivity contribution in [3.8, 4) is 0 Å². The lowest BCUT2D eigenvalue weighted by Crippen LogP contribution is -2.38. The molecule has 1 rings (SSSR count). The van der Waals surface area contributed by atoms with Crippen molar-refractivity contribution < 1.29 is 9.90 Å². The van der Waals surface area contributed by atoms with Crippen LogP contribution in [-0.2, 0) is 0 Å². The van der Waals surface area contributed by atoms with Crippen molar-refractivity contribution in [3.63, 3.8) is 0 Å².